The Balaban J connectivity index is 1.70. The zero-order valence-electron chi connectivity index (χ0n) is 21.6. The van der Waals surface area contributed by atoms with Crippen LogP contribution in [0.25, 0.3) is 5.69 Å². The Kier molecular flexibility index (Phi) is 6.56. The van der Waals surface area contributed by atoms with Gasteiger partial charge >= 0.3 is 5.97 Å². The molecule has 6 nitrogen and oxygen atoms in total. The van der Waals surface area contributed by atoms with Crippen molar-refractivity contribution < 1.29 is 9.53 Å². The molecule has 2 aromatic heterocycles. The third-order valence-corrected chi connectivity index (χ3v) is 7.52. The van der Waals surface area contributed by atoms with E-state index in [9.17, 15) is 4.79 Å². The monoisotopic (exact) mass is 510 g/mol. The van der Waals surface area contributed by atoms with Crippen LogP contribution < -0.4 is 10.2 Å². The van der Waals surface area contributed by atoms with Crippen molar-refractivity contribution in [2.75, 3.05) is 12.0 Å². The van der Waals surface area contributed by atoms with Crippen molar-refractivity contribution in [1.82, 2.24) is 14.9 Å². The Morgan fingerprint density at radius 1 is 0.973 bits per heavy atom. The van der Waals surface area contributed by atoms with Crippen LogP contribution in [-0.2, 0) is 4.74 Å². The molecule has 2 aromatic carbocycles. The molecule has 0 radical (unpaired) electrons. The summed E-state index contributed by atoms with van der Waals surface area (Å²) in [4.78, 5) is 19.5. The first kappa shape index (κ1) is 24.7. The van der Waals surface area contributed by atoms with E-state index in [-0.39, 0.29) is 18.1 Å². The third kappa shape index (κ3) is 4.29. The molecule has 4 aromatic rings. The lowest BCUT2D eigenvalue weighted by atomic mass is 9.96. The highest BCUT2D eigenvalue weighted by molar-refractivity contribution is 7.80. The Morgan fingerprint density at radius 3 is 2.43 bits per heavy atom. The molecule has 1 saturated heterocycles. The molecular weight excluding hydrogens is 480 g/mol. The number of hydrogen-bond acceptors (Lipinski definition) is 4. The Labute approximate surface area is 222 Å². The van der Waals surface area contributed by atoms with E-state index in [4.69, 9.17) is 17.0 Å². The average Bonchev–Trinajstić information content (AvgIpc) is 3.40. The fourth-order valence-corrected chi connectivity index (χ4v) is 5.58. The third-order valence-electron chi connectivity index (χ3n) is 7.21. The van der Waals surface area contributed by atoms with Gasteiger partial charge < -0.3 is 19.5 Å². The molecular formula is C30H30N4O2S. The van der Waals surface area contributed by atoms with E-state index in [2.05, 4.69) is 71.7 Å². The molecule has 7 heteroatoms. The van der Waals surface area contributed by atoms with E-state index in [0.717, 1.165) is 34.0 Å². The van der Waals surface area contributed by atoms with Gasteiger partial charge in [0.25, 0.3) is 0 Å². The molecule has 0 spiro atoms. The normalized spacial score (nSPS) is 17.1. The van der Waals surface area contributed by atoms with Gasteiger partial charge in [-0.3, -0.25) is 4.98 Å². The summed E-state index contributed by atoms with van der Waals surface area (Å²) in [5.41, 5.74) is 8.85. The first-order chi connectivity index (χ1) is 17.8. The number of para-hydroxylation sites is 1. The highest BCUT2D eigenvalue weighted by Gasteiger charge is 2.42. The van der Waals surface area contributed by atoms with Gasteiger partial charge in [0.1, 0.15) is 0 Å². The standard InChI is InChI=1S/C30H30N4O2S/c1-18-13-14-22(16-19(18)2)34-28(27(32-30(34)37)25-11-8-9-15-31-25)24-17-20(3)33(21(24)4)26-12-7-6-10-23(26)29(35)36-5/h6-17,27-28H,1-5H3,(H,32,37)/t27-,28-/m0/s1. The second-order valence-electron chi connectivity index (χ2n) is 9.44. The van der Waals surface area contributed by atoms with Crippen LogP contribution in [0, 0.1) is 27.7 Å². The van der Waals surface area contributed by atoms with E-state index in [0.29, 0.717) is 10.7 Å². The van der Waals surface area contributed by atoms with Crippen LogP contribution in [0.4, 0.5) is 5.69 Å². The molecule has 1 aliphatic heterocycles. The minimum atomic E-state index is -0.364. The summed E-state index contributed by atoms with van der Waals surface area (Å²) in [6.45, 7) is 8.37. The maximum Gasteiger partial charge on any atom is 0.339 e. The molecule has 37 heavy (non-hydrogen) atoms. The van der Waals surface area contributed by atoms with Gasteiger partial charge in [0.05, 0.1) is 36.1 Å². The van der Waals surface area contributed by atoms with Gasteiger partial charge in [0.2, 0.25) is 0 Å². The summed E-state index contributed by atoms with van der Waals surface area (Å²) < 4.78 is 7.20. The van der Waals surface area contributed by atoms with Crippen LogP contribution in [0.15, 0.2) is 72.9 Å². The van der Waals surface area contributed by atoms with Gasteiger partial charge in [-0.2, -0.15) is 0 Å². The maximum atomic E-state index is 12.6. The highest BCUT2D eigenvalue weighted by atomic mass is 32.1. The molecule has 1 aliphatic rings. The first-order valence-corrected chi connectivity index (χ1v) is 12.7. The van der Waals surface area contributed by atoms with Crippen LogP contribution in [0.2, 0.25) is 0 Å². The molecule has 2 atom stereocenters. The quantitative estimate of drug-likeness (QED) is 0.260. The van der Waals surface area contributed by atoms with E-state index < -0.39 is 0 Å². The Bertz CT molecular complexity index is 1490. The van der Waals surface area contributed by atoms with Gasteiger partial charge in [0.15, 0.2) is 5.11 Å². The van der Waals surface area contributed by atoms with Crippen LogP contribution in [0.3, 0.4) is 0 Å². The number of methoxy groups -OCH3 is 1. The van der Waals surface area contributed by atoms with Crippen LogP contribution >= 0.6 is 12.2 Å². The number of carbonyl (C=O) groups excluding carboxylic acids is 1. The van der Waals surface area contributed by atoms with Gasteiger partial charge in [-0.05, 0) is 99.1 Å². The lowest BCUT2D eigenvalue weighted by Crippen LogP contribution is -2.29. The second-order valence-corrected chi connectivity index (χ2v) is 9.82. The van der Waals surface area contributed by atoms with Crippen molar-refractivity contribution in [2.45, 2.75) is 39.8 Å². The van der Waals surface area contributed by atoms with Crippen molar-refractivity contribution in [2.24, 2.45) is 0 Å². The predicted octanol–water partition coefficient (Wildman–Crippen LogP) is 6.07. The lowest BCUT2D eigenvalue weighted by molar-refractivity contribution is 0.0600. The molecule has 0 aliphatic carbocycles. The SMILES string of the molecule is COC(=O)c1ccccc1-n1c(C)cc([C@H]2[C@H](c3ccccn3)NC(=S)N2c2ccc(C)c(C)c2)c1C. The number of thiocarbonyl (C=S) groups is 1. The minimum absolute atomic E-state index is 0.144. The number of nitrogens with zero attached hydrogens (tertiary/aromatic N) is 3. The Hall–Kier alpha value is -3.97. The molecule has 1 fully saturated rings. The molecule has 0 bridgehead atoms. The molecule has 5 rings (SSSR count). The van der Waals surface area contributed by atoms with Crippen molar-refractivity contribution in [3.63, 3.8) is 0 Å². The van der Waals surface area contributed by atoms with Crippen LogP contribution in [-0.4, -0.2) is 27.7 Å². The number of pyridine rings is 1. The summed E-state index contributed by atoms with van der Waals surface area (Å²) in [6, 6.07) is 21.8. The van der Waals surface area contributed by atoms with Gasteiger partial charge in [-0.1, -0.05) is 24.3 Å². The number of ether oxygens (including phenoxy) is 1. The number of aromatic nitrogens is 2. The van der Waals surface area contributed by atoms with Crippen molar-refractivity contribution >= 4 is 29.0 Å². The molecule has 1 N–H and O–H groups in total. The van der Waals surface area contributed by atoms with E-state index in [1.54, 1.807) is 6.07 Å². The number of carbonyl (C=O) groups is 1. The zero-order chi connectivity index (χ0) is 26.3. The topological polar surface area (TPSA) is 59.4 Å². The summed E-state index contributed by atoms with van der Waals surface area (Å²) >= 11 is 5.92. The predicted molar refractivity (Wildman–Crippen MR) is 150 cm³/mol. The van der Waals surface area contributed by atoms with Crippen LogP contribution in [0.1, 0.15) is 56.2 Å². The van der Waals surface area contributed by atoms with E-state index >= 15 is 0 Å². The average molecular weight is 511 g/mol. The number of anilines is 1. The zero-order valence-corrected chi connectivity index (χ0v) is 22.5. The number of nitrogens with one attached hydrogen (secondary N) is 1. The first-order valence-electron chi connectivity index (χ1n) is 12.3. The van der Waals surface area contributed by atoms with Crippen molar-refractivity contribution in [1.29, 1.82) is 0 Å². The molecule has 188 valence electrons. The van der Waals surface area contributed by atoms with Crippen molar-refractivity contribution in [3.8, 4) is 5.69 Å². The fourth-order valence-electron chi connectivity index (χ4n) is 5.23. The minimum Gasteiger partial charge on any atom is -0.465 e. The summed E-state index contributed by atoms with van der Waals surface area (Å²) in [5, 5.41) is 4.20. The largest absolute Gasteiger partial charge is 0.465 e. The Morgan fingerprint density at radius 2 is 1.73 bits per heavy atom. The molecule has 0 saturated carbocycles. The van der Waals surface area contributed by atoms with Gasteiger partial charge in [0, 0.05) is 23.3 Å². The second kappa shape index (κ2) is 9.82. The number of aryl methyl sites for hydroxylation is 3. The fraction of sp³-hybridized carbons (Fsp3) is 0.233. The number of hydrogen-bond donors (Lipinski definition) is 1. The lowest BCUT2D eigenvalue weighted by Gasteiger charge is -2.28. The van der Waals surface area contributed by atoms with Crippen molar-refractivity contribution in [3.05, 3.63) is 112 Å². The van der Waals surface area contributed by atoms with E-state index in [1.165, 1.54) is 18.2 Å². The molecule has 0 unspecified atom stereocenters. The van der Waals surface area contributed by atoms with Gasteiger partial charge in [-0.15, -0.1) is 0 Å². The molecule has 3 heterocycles. The number of rotatable bonds is 5. The maximum absolute atomic E-state index is 12.6. The summed E-state index contributed by atoms with van der Waals surface area (Å²) in [7, 11) is 1.41. The van der Waals surface area contributed by atoms with Gasteiger partial charge in [-0.25, -0.2) is 4.79 Å². The summed E-state index contributed by atoms with van der Waals surface area (Å²) in [5.74, 6) is -0.364. The number of esters is 1. The van der Waals surface area contributed by atoms with Crippen LogP contribution in [0.5, 0.6) is 0 Å². The van der Waals surface area contributed by atoms with E-state index in [1.807, 2.05) is 42.6 Å². The smallest absolute Gasteiger partial charge is 0.339 e. The number of benzene rings is 2. The molecule has 0 amide bonds. The highest BCUT2D eigenvalue weighted by Crippen LogP contribution is 2.44. The summed E-state index contributed by atoms with van der Waals surface area (Å²) in [6.07, 6.45) is 1.81.